The second kappa shape index (κ2) is 3.20. The first-order chi connectivity index (χ1) is 6.40. The van der Waals surface area contributed by atoms with Gasteiger partial charge in [0.05, 0.1) is 6.26 Å². The Balaban J connectivity index is 2.40. The van der Waals surface area contributed by atoms with Crippen molar-refractivity contribution in [1.29, 1.82) is 0 Å². The van der Waals surface area contributed by atoms with E-state index in [4.69, 9.17) is 10.8 Å². The van der Waals surface area contributed by atoms with Crippen LogP contribution >= 0.6 is 0 Å². The predicted octanol–water partition coefficient (Wildman–Crippen LogP) is 2.93. The van der Waals surface area contributed by atoms with Crippen LogP contribution in [0.1, 0.15) is 5.56 Å². The molecule has 0 saturated heterocycles. The summed E-state index contributed by atoms with van der Waals surface area (Å²) in [6.45, 7) is 0. The standard InChI is InChI=1S/C12H8O/c1-2-10-5-7-11(8-6-10)12-4-3-9-13-12/h1,3-9H. The van der Waals surface area contributed by atoms with E-state index >= 15 is 0 Å². The van der Waals surface area contributed by atoms with Gasteiger partial charge in [-0.1, -0.05) is 18.1 Å². The van der Waals surface area contributed by atoms with Crippen molar-refractivity contribution >= 4 is 0 Å². The lowest BCUT2D eigenvalue weighted by Gasteiger charge is -1.95. The van der Waals surface area contributed by atoms with E-state index in [9.17, 15) is 0 Å². The summed E-state index contributed by atoms with van der Waals surface area (Å²) >= 11 is 0. The van der Waals surface area contributed by atoms with E-state index in [1.807, 2.05) is 36.4 Å². The quantitative estimate of drug-likeness (QED) is 0.597. The minimum absolute atomic E-state index is 0.864. The molecular formula is C12H8O. The van der Waals surface area contributed by atoms with Crippen molar-refractivity contribution in [3.05, 3.63) is 48.2 Å². The largest absolute Gasteiger partial charge is 0.464 e. The normalized spacial score (nSPS) is 9.46. The van der Waals surface area contributed by atoms with Crippen LogP contribution in [-0.2, 0) is 0 Å². The van der Waals surface area contributed by atoms with Gasteiger partial charge < -0.3 is 4.42 Å². The molecule has 62 valence electrons. The average molecular weight is 168 g/mol. The second-order valence-electron chi connectivity index (χ2n) is 2.70. The Morgan fingerprint density at radius 1 is 1.08 bits per heavy atom. The molecule has 1 heteroatoms. The van der Waals surface area contributed by atoms with Crippen LogP contribution in [0.15, 0.2) is 47.1 Å². The molecule has 0 unspecified atom stereocenters. The second-order valence-corrected chi connectivity index (χ2v) is 2.70. The highest BCUT2D eigenvalue weighted by Crippen LogP contribution is 2.19. The van der Waals surface area contributed by atoms with Gasteiger partial charge in [-0.25, -0.2) is 0 Å². The molecule has 0 radical (unpaired) electrons. The first-order valence-electron chi connectivity index (χ1n) is 4.01. The Bertz CT molecular complexity index is 415. The predicted molar refractivity (Wildman–Crippen MR) is 52.1 cm³/mol. The lowest BCUT2D eigenvalue weighted by atomic mass is 10.1. The Kier molecular flexibility index (Phi) is 1.90. The number of terminal acetylenes is 1. The lowest BCUT2D eigenvalue weighted by molar-refractivity contribution is 0.582. The molecule has 0 aliphatic heterocycles. The lowest BCUT2D eigenvalue weighted by Crippen LogP contribution is -1.75. The van der Waals surface area contributed by atoms with Crippen LogP contribution in [0.5, 0.6) is 0 Å². The third kappa shape index (κ3) is 1.47. The number of hydrogen-bond acceptors (Lipinski definition) is 1. The number of benzene rings is 1. The van der Waals surface area contributed by atoms with Crippen LogP contribution in [0, 0.1) is 12.3 Å². The molecule has 1 heterocycles. The van der Waals surface area contributed by atoms with Crippen LogP contribution in [0.3, 0.4) is 0 Å². The van der Waals surface area contributed by atoms with Crippen LogP contribution in [0.4, 0.5) is 0 Å². The van der Waals surface area contributed by atoms with Gasteiger partial charge >= 0.3 is 0 Å². The topological polar surface area (TPSA) is 13.1 Å². The summed E-state index contributed by atoms with van der Waals surface area (Å²) in [5, 5.41) is 0. The zero-order valence-corrected chi connectivity index (χ0v) is 7.03. The molecule has 0 saturated carbocycles. The minimum Gasteiger partial charge on any atom is -0.464 e. The van der Waals surface area contributed by atoms with Crippen molar-refractivity contribution in [2.24, 2.45) is 0 Å². The highest BCUT2D eigenvalue weighted by molar-refractivity contribution is 5.58. The molecule has 13 heavy (non-hydrogen) atoms. The van der Waals surface area contributed by atoms with Gasteiger partial charge in [0.25, 0.3) is 0 Å². The highest BCUT2D eigenvalue weighted by Gasteiger charge is 1.98. The van der Waals surface area contributed by atoms with Crippen LogP contribution in [-0.4, -0.2) is 0 Å². The van der Waals surface area contributed by atoms with E-state index in [2.05, 4.69) is 5.92 Å². The van der Waals surface area contributed by atoms with E-state index in [0.29, 0.717) is 0 Å². The maximum atomic E-state index is 5.25. The number of furan rings is 1. The molecule has 1 aromatic heterocycles. The Morgan fingerprint density at radius 2 is 1.85 bits per heavy atom. The van der Waals surface area contributed by atoms with Gasteiger partial charge in [0, 0.05) is 11.1 Å². The van der Waals surface area contributed by atoms with Gasteiger partial charge in [-0.05, 0) is 24.3 Å². The van der Waals surface area contributed by atoms with E-state index in [1.54, 1.807) is 6.26 Å². The molecule has 0 aliphatic carbocycles. The molecule has 0 N–H and O–H groups in total. The third-order valence-electron chi connectivity index (χ3n) is 1.86. The molecule has 0 spiro atoms. The smallest absolute Gasteiger partial charge is 0.133 e. The average Bonchev–Trinajstić information content (AvgIpc) is 2.71. The Labute approximate surface area is 77.0 Å². The maximum absolute atomic E-state index is 5.25. The first kappa shape index (κ1) is 7.70. The molecule has 0 bridgehead atoms. The molecule has 1 nitrogen and oxygen atoms in total. The Hall–Kier alpha value is -1.94. The van der Waals surface area contributed by atoms with E-state index in [-0.39, 0.29) is 0 Å². The van der Waals surface area contributed by atoms with Crippen LogP contribution in [0.2, 0.25) is 0 Å². The molecule has 1 aromatic carbocycles. The molecule has 2 aromatic rings. The SMILES string of the molecule is C#Cc1ccc(-c2ccco2)cc1. The van der Waals surface area contributed by atoms with Crippen molar-refractivity contribution in [2.45, 2.75) is 0 Å². The van der Waals surface area contributed by atoms with Crippen molar-refractivity contribution in [3.63, 3.8) is 0 Å². The summed E-state index contributed by atoms with van der Waals surface area (Å²) in [6.07, 6.45) is 6.90. The van der Waals surface area contributed by atoms with Gasteiger partial charge in [0.15, 0.2) is 0 Å². The van der Waals surface area contributed by atoms with Gasteiger partial charge in [0.2, 0.25) is 0 Å². The van der Waals surface area contributed by atoms with Crippen LogP contribution < -0.4 is 0 Å². The summed E-state index contributed by atoms with van der Waals surface area (Å²) in [4.78, 5) is 0. The molecule has 0 atom stereocenters. The summed E-state index contributed by atoms with van der Waals surface area (Å²) in [7, 11) is 0. The zero-order valence-electron chi connectivity index (χ0n) is 7.03. The number of rotatable bonds is 1. The minimum atomic E-state index is 0.864. The fraction of sp³-hybridized carbons (Fsp3) is 0. The van der Waals surface area contributed by atoms with Crippen molar-refractivity contribution in [1.82, 2.24) is 0 Å². The molecule has 2 rings (SSSR count). The van der Waals surface area contributed by atoms with Crippen molar-refractivity contribution < 1.29 is 4.42 Å². The maximum Gasteiger partial charge on any atom is 0.133 e. The van der Waals surface area contributed by atoms with E-state index in [0.717, 1.165) is 16.9 Å². The van der Waals surface area contributed by atoms with Crippen LogP contribution in [0.25, 0.3) is 11.3 Å². The molecule has 0 amide bonds. The fourth-order valence-corrected chi connectivity index (χ4v) is 1.17. The fourth-order valence-electron chi connectivity index (χ4n) is 1.17. The van der Waals surface area contributed by atoms with Gasteiger partial charge in [-0.3, -0.25) is 0 Å². The summed E-state index contributed by atoms with van der Waals surface area (Å²) in [6, 6.07) is 11.5. The number of hydrogen-bond donors (Lipinski definition) is 0. The summed E-state index contributed by atoms with van der Waals surface area (Å²) in [5.41, 5.74) is 1.93. The Morgan fingerprint density at radius 3 is 2.38 bits per heavy atom. The molecule has 0 aliphatic rings. The molecule has 0 fully saturated rings. The van der Waals surface area contributed by atoms with Gasteiger partial charge in [-0.2, -0.15) is 0 Å². The van der Waals surface area contributed by atoms with Crippen molar-refractivity contribution in [3.8, 4) is 23.7 Å². The molecular weight excluding hydrogens is 160 g/mol. The first-order valence-corrected chi connectivity index (χ1v) is 4.01. The monoisotopic (exact) mass is 168 g/mol. The zero-order chi connectivity index (χ0) is 9.10. The van der Waals surface area contributed by atoms with Gasteiger partial charge in [-0.15, -0.1) is 6.42 Å². The van der Waals surface area contributed by atoms with Gasteiger partial charge in [0.1, 0.15) is 5.76 Å². The van der Waals surface area contributed by atoms with E-state index in [1.165, 1.54) is 0 Å². The summed E-state index contributed by atoms with van der Waals surface area (Å²) < 4.78 is 5.24. The van der Waals surface area contributed by atoms with E-state index < -0.39 is 0 Å². The van der Waals surface area contributed by atoms with Crippen molar-refractivity contribution in [2.75, 3.05) is 0 Å². The third-order valence-corrected chi connectivity index (χ3v) is 1.86. The summed E-state index contributed by atoms with van der Waals surface area (Å²) in [5.74, 6) is 3.43. The highest BCUT2D eigenvalue weighted by atomic mass is 16.3.